The van der Waals surface area contributed by atoms with E-state index in [1.54, 1.807) is 43.3 Å². The Bertz CT molecular complexity index is 846. The second-order valence-electron chi connectivity index (χ2n) is 6.45. The number of anilines is 1. The van der Waals surface area contributed by atoms with Crippen molar-refractivity contribution in [3.05, 3.63) is 59.7 Å². The van der Waals surface area contributed by atoms with Crippen molar-refractivity contribution < 1.29 is 13.2 Å². The van der Waals surface area contributed by atoms with Crippen molar-refractivity contribution in [2.75, 3.05) is 4.72 Å². The van der Waals surface area contributed by atoms with E-state index in [4.69, 9.17) is 0 Å². The van der Waals surface area contributed by atoms with E-state index < -0.39 is 10.0 Å². The van der Waals surface area contributed by atoms with Crippen LogP contribution in [0.4, 0.5) is 5.69 Å². The molecule has 25 heavy (non-hydrogen) atoms. The molecular formula is C19H24N2O3S. The summed E-state index contributed by atoms with van der Waals surface area (Å²) >= 11 is 0. The fraction of sp³-hybridized carbons (Fsp3) is 0.316. The average molecular weight is 360 g/mol. The van der Waals surface area contributed by atoms with Gasteiger partial charge in [-0.15, -0.1) is 0 Å². The van der Waals surface area contributed by atoms with Gasteiger partial charge in [0.1, 0.15) is 0 Å². The summed E-state index contributed by atoms with van der Waals surface area (Å²) < 4.78 is 27.5. The summed E-state index contributed by atoms with van der Waals surface area (Å²) in [5, 5.41) is 2.92. The van der Waals surface area contributed by atoms with E-state index in [1.807, 2.05) is 20.8 Å². The second kappa shape index (κ2) is 7.70. The van der Waals surface area contributed by atoms with Crippen molar-refractivity contribution >= 4 is 21.6 Å². The maximum atomic E-state index is 12.5. The van der Waals surface area contributed by atoms with E-state index in [-0.39, 0.29) is 16.8 Å². The summed E-state index contributed by atoms with van der Waals surface area (Å²) in [7, 11) is -3.70. The Morgan fingerprint density at radius 3 is 2.24 bits per heavy atom. The van der Waals surface area contributed by atoms with E-state index in [9.17, 15) is 13.2 Å². The Morgan fingerprint density at radius 2 is 1.64 bits per heavy atom. The first kappa shape index (κ1) is 19.0. The van der Waals surface area contributed by atoms with Crippen LogP contribution in [0.15, 0.2) is 53.4 Å². The van der Waals surface area contributed by atoms with Crippen molar-refractivity contribution in [2.45, 2.75) is 38.6 Å². The lowest BCUT2D eigenvalue weighted by atomic mass is 10.1. The minimum Gasteiger partial charge on any atom is -0.349 e. The molecule has 0 spiro atoms. The van der Waals surface area contributed by atoms with Crippen molar-refractivity contribution in [1.29, 1.82) is 0 Å². The molecule has 2 aromatic rings. The third kappa shape index (κ3) is 4.82. The topological polar surface area (TPSA) is 75.3 Å². The molecule has 1 amide bonds. The van der Waals surface area contributed by atoms with Crippen LogP contribution in [0.2, 0.25) is 0 Å². The second-order valence-corrected chi connectivity index (χ2v) is 8.14. The predicted octanol–water partition coefficient (Wildman–Crippen LogP) is 3.57. The van der Waals surface area contributed by atoms with Crippen LogP contribution in [-0.2, 0) is 10.0 Å². The van der Waals surface area contributed by atoms with E-state index >= 15 is 0 Å². The number of carbonyl (C=O) groups is 1. The Balaban J connectivity index is 2.26. The molecule has 1 atom stereocenters. The number of aryl methyl sites for hydroxylation is 1. The first-order chi connectivity index (χ1) is 11.7. The number of nitrogens with one attached hydrogen (secondary N) is 2. The van der Waals surface area contributed by atoms with Crippen LogP contribution in [0.25, 0.3) is 0 Å². The Kier molecular flexibility index (Phi) is 5.85. The molecule has 0 bridgehead atoms. The van der Waals surface area contributed by atoms with Crippen LogP contribution in [0.5, 0.6) is 0 Å². The van der Waals surface area contributed by atoms with Gasteiger partial charge < -0.3 is 5.32 Å². The molecule has 2 N–H and O–H groups in total. The van der Waals surface area contributed by atoms with E-state index in [2.05, 4.69) is 10.0 Å². The van der Waals surface area contributed by atoms with Gasteiger partial charge in [-0.2, -0.15) is 0 Å². The number of rotatable bonds is 6. The molecule has 5 nitrogen and oxygen atoms in total. The first-order valence-corrected chi connectivity index (χ1v) is 9.68. The molecule has 2 rings (SSSR count). The molecule has 0 radical (unpaired) electrons. The van der Waals surface area contributed by atoms with E-state index in [0.29, 0.717) is 17.2 Å². The van der Waals surface area contributed by atoms with Crippen LogP contribution < -0.4 is 10.0 Å². The van der Waals surface area contributed by atoms with Crippen molar-refractivity contribution in [1.82, 2.24) is 5.32 Å². The van der Waals surface area contributed by atoms with Crippen LogP contribution in [0.3, 0.4) is 0 Å². The SMILES string of the molecule is Cc1ccc(C(=O)NC(C)C(C)C)cc1NS(=O)(=O)c1ccccc1. The number of amides is 1. The average Bonchev–Trinajstić information content (AvgIpc) is 2.57. The highest BCUT2D eigenvalue weighted by molar-refractivity contribution is 7.92. The van der Waals surface area contributed by atoms with Gasteiger partial charge in [-0.25, -0.2) is 8.42 Å². The summed E-state index contributed by atoms with van der Waals surface area (Å²) in [6.07, 6.45) is 0. The van der Waals surface area contributed by atoms with Crippen LogP contribution in [-0.4, -0.2) is 20.4 Å². The van der Waals surface area contributed by atoms with Crippen molar-refractivity contribution in [2.24, 2.45) is 5.92 Å². The lowest BCUT2D eigenvalue weighted by molar-refractivity contribution is 0.0930. The Hall–Kier alpha value is -2.34. The Labute approximate surface area is 149 Å². The van der Waals surface area contributed by atoms with Gasteiger partial charge in [0.25, 0.3) is 15.9 Å². The minimum atomic E-state index is -3.70. The molecule has 0 heterocycles. The smallest absolute Gasteiger partial charge is 0.261 e. The quantitative estimate of drug-likeness (QED) is 0.827. The number of sulfonamides is 1. The van der Waals surface area contributed by atoms with Crippen molar-refractivity contribution in [3.8, 4) is 0 Å². The largest absolute Gasteiger partial charge is 0.349 e. The molecule has 2 aromatic carbocycles. The van der Waals surface area contributed by atoms with Crippen molar-refractivity contribution in [3.63, 3.8) is 0 Å². The molecule has 0 aromatic heterocycles. The molecule has 0 aliphatic carbocycles. The molecule has 0 saturated heterocycles. The maximum Gasteiger partial charge on any atom is 0.261 e. The number of benzene rings is 2. The van der Waals surface area contributed by atoms with Gasteiger partial charge in [0.15, 0.2) is 0 Å². The molecular weight excluding hydrogens is 336 g/mol. The number of hydrogen-bond acceptors (Lipinski definition) is 3. The third-order valence-electron chi connectivity index (χ3n) is 4.16. The van der Waals surface area contributed by atoms with Gasteiger partial charge in [-0.05, 0) is 49.6 Å². The maximum absolute atomic E-state index is 12.5. The monoisotopic (exact) mass is 360 g/mol. The Morgan fingerprint density at radius 1 is 1.00 bits per heavy atom. The summed E-state index contributed by atoms with van der Waals surface area (Å²) in [5.41, 5.74) is 1.56. The zero-order valence-electron chi connectivity index (χ0n) is 14.9. The standard InChI is InChI=1S/C19H24N2O3S/c1-13(2)15(4)20-19(22)16-11-10-14(3)18(12-16)21-25(23,24)17-8-6-5-7-9-17/h5-13,15,21H,1-4H3,(H,20,22). The van der Waals surface area contributed by atoms with Gasteiger partial charge in [0.05, 0.1) is 10.6 Å². The lowest BCUT2D eigenvalue weighted by Gasteiger charge is -2.18. The fourth-order valence-corrected chi connectivity index (χ4v) is 3.28. The highest BCUT2D eigenvalue weighted by atomic mass is 32.2. The van der Waals surface area contributed by atoms with Gasteiger partial charge >= 0.3 is 0 Å². The van der Waals surface area contributed by atoms with Crippen LogP contribution in [0.1, 0.15) is 36.7 Å². The molecule has 1 unspecified atom stereocenters. The highest BCUT2D eigenvalue weighted by Gasteiger charge is 2.17. The summed E-state index contributed by atoms with van der Waals surface area (Å²) in [5.74, 6) is 0.0896. The van der Waals surface area contributed by atoms with Gasteiger partial charge in [0, 0.05) is 11.6 Å². The molecule has 134 valence electrons. The summed E-state index contributed by atoms with van der Waals surface area (Å²) in [6.45, 7) is 7.79. The van der Waals surface area contributed by atoms with Gasteiger partial charge in [-0.1, -0.05) is 38.1 Å². The third-order valence-corrected chi connectivity index (χ3v) is 5.54. The first-order valence-electron chi connectivity index (χ1n) is 8.20. The van der Waals surface area contributed by atoms with Gasteiger partial charge in [0.2, 0.25) is 0 Å². The summed E-state index contributed by atoms with van der Waals surface area (Å²) in [4.78, 5) is 12.5. The zero-order chi connectivity index (χ0) is 18.6. The van der Waals surface area contributed by atoms with Gasteiger partial charge in [-0.3, -0.25) is 9.52 Å². The fourth-order valence-electron chi connectivity index (χ4n) is 2.13. The minimum absolute atomic E-state index is 0.0262. The van der Waals surface area contributed by atoms with E-state index in [1.165, 1.54) is 12.1 Å². The molecule has 0 aliphatic heterocycles. The molecule has 0 aliphatic rings. The normalized spacial score (nSPS) is 12.7. The zero-order valence-corrected chi connectivity index (χ0v) is 15.7. The number of hydrogen-bond donors (Lipinski definition) is 2. The van der Waals surface area contributed by atoms with Crippen LogP contribution >= 0.6 is 0 Å². The number of carbonyl (C=O) groups excluding carboxylic acids is 1. The summed E-state index contributed by atoms with van der Waals surface area (Å²) in [6, 6.07) is 13.2. The van der Waals surface area contributed by atoms with Crippen LogP contribution in [0, 0.1) is 12.8 Å². The lowest BCUT2D eigenvalue weighted by Crippen LogP contribution is -2.36. The molecule has 0 fully saturated rings. The highest BCUT2D eigenvalue weighted by Crippen LogP contribution is 2.21. The van der Waals surface area contributed by atoms with E-state index in [0.717, 1.165) is 5.56 Å². The molecule has 0 saturated carbocycles. The molecule has 6 heteroatoms. The predicted molar refractivity (Wildman–Crippen MR) is 100 cm³/mol.